The molecule has 0 saturated heterocycles. The second-order valence-electron chi connectivity index (χ2n) is 7.32. The van der Waals surface area contributed by atoms with Crippen molar-refractivity contribution in [3.8, 4) is 0 Å². The van der Waals surface area contributed by atoms with E-state index in [1.54, 1.807) is 0 Å². The van der Waals surface area contributed by atoms with Gasteiger partial charge in [-0.15, -0.1) is 0 Å². The van der Waals surface area contributed by atoms with Crippen LogP contribution in [0.3, 0.4) is 0 Å². The second-order valence-corrected chi connectivity index (χ2v) is 7.32. The maximum atomic E-state index is 2.56. The summed E-state index contributed by atoms with van der Waals surface area (Å²) in [5, 5.41) is 0. The first-order chi connectivity index (χ1) is 6.99. The number of hydrogen-bond donors (Lipinski definition) is 0. The maximum absolute atomic E-state index is 2.56. The van der Waals surface area contributed by atoms with E-state index in [0.717, 1.165) is 17.8 Å². The summed E-state index contributed by atoms with van der Waals surface area (Å²) in [5.74, 6) is 2.99. The van der Waals surface area contributed by atoms with Crippen LogP contribution in [0.5, 0.6) is 0 Å². The van der Waals surface area contributed by atoms with Gasteiger partial charge in [0.05, 0.1) is 0 Å². The molecule has 0 heterocycles. The zero-order chi connectivity index (χ0) is 10.7. The minimum absolute atomic E-state index is 0.475. The van der Waals surface area contributed by atoms with Crippen LogP contribution in [-0.2, 0) is 0 Å². The summed E-state index contributed by atoms with van der Waals surface area (Å²) in [6.45, 7) is 7.34. The summed E-state index contributed by atoms with van der Waals surface area (Å²) in [6.07, 6.45) is 12.5. The Morgan fingerprint density at radius 2 is 1.93 bits per heavy atom. The number of fused-ring (bicyclic) bond motifs is 2. The van der Waals surface area contributed by atoms with E-state index in [4.69, 9.17) is 0 Å². The molecule has 3 aliphatic carbocycles. The minimum atomic E-state index is 0.475. The molecule has 3 aliphatic rings. The monoisotopic (exact) mass is 204 g/mol. The molecule has 4 atom stereocenters. The van der Waals surface area contributed by atoms with Crippen LogP contribution in [0.1, 0.15) is 52.9 Å². The van der Waals surface area contributed by atoms with E-state index in [-0.39, 0.29) is 0 Å². The first-order valence-electron chi connectivity index (χ1n) is 6.68. The van der Waals surface area contributed by atoms with Crippen molar-refractivity contribution in [2.45, 2.75) is 52.9 Å². The summed E-state index contributed by atoms with van der Waals surface area (Å²) in [7, 11) is 0. The lowest BCUT2D eigenvalue weighted by atomic mass is 9.69. The Hall–Kier alpha value is -0.260. The van der Waals surface area contributed by atoms with E-state index >= 15 is 0 Å². The summed E-state index contributed by atoms with van der Waals surface area (Å²) < 4.78 is 0. The third kappa shape index (κ3) is 1.48. The van der Waals surface area contributed by atoms with Gasteiger partial charge in [-0.2, -0.15) is 0 Å². The fourth-order valence-electron chi connectivity index (χ4n) is 4.67. The number of rotatable bonds is 1. The molecule has 0 aromatic rings. The van der Waals surface area contributed by atoms with E-state index < -0.39 is 0 Å². The van der Waals surface area contributed by atoms with Crippen molar-refractivity contribution < 1.29 is 0 Å². The first-order valence-corrected chi connectivity index (χ1v) is 6.68. The molecule has 2 fully saturated rings. The molecule has 0 aromatic carbocycles. The Balaban J connectivity index is 1.78. The molecule has 2 bridgehead atoms. The molecule has 0 nitrogen and oxygen atoms in total. The molecule has 0 aliphatic heterocycles. The third-order valence-electron chi connectivity index (χ3n) is 5.43. The summed E-state index contributed by atoms with van der Waals surface area (Å²) >= 11 is 0. The van der Waals surface area contributed by atoms with Crippen LogP contribution in [-0.4, -0.2) is 0 Å². The van der Waals surface area contributed by atoms with Gasteiger partial charge in [0.1, 0.15) is 0 Å². The lowest BCUT2D eigenvalue weighted by Gasteiger charge is -2.36. The van der Waals surface area contributed by atoms with Gasteiger partial charge in [0.15, 0.2) is 0 Å². The Morgan fingerprint density at radius 1 is 1.13 bits per heavy atom. The molecule has 0 aromatic heterocycles. The molecule has 15 heavy (non-hydrogen) atoms. The molecule has 0 spiro atoms. The van der Waals surface area contributed by atoms with Crippen LogP contribution in [0.25, 0.3) is 0 Å². The lowest BCUT2D eigenvalue weighted by molar-refractivity contribution is 0.147. The van der Waals surface area contributed by atoms with Crippen molar-refractivity contribution in [3.05, 3.63) is 12.2 Å². The average molecular weight is 204 g/mol. The minimum Gasteiger partial charge on any atom is -0.0846 e. The summed E-state index contributed by atoms with van der Waals surface area (Å²) in [6, 6.07) is 0. The van der Waals surface area contributed by atoms with Crippen molar-refractivity contribution in [1.29, 1.82) is 0 Å². The average Bonchev–Trinajstić information content (AvgIpc) is 2.75. The van der Waals surface area contributed by atoms with Crippen LogP contribution < -0.4 is 0 Å². The van der Waals surface area contributed by atoms with Gasteiger partial charge in [-0.1, -0.05) is 32.9 Å². The molecular formula is C15H24. The van der Waals surface area contributed by atoms with Crippen molar-refractivity contribution in [1.82, 2.24) is 0 Å². The highest BCUT2D eigenvalue weighted by Crippen LogP contribution is 2.61. The quantitative estimate of drug-likeness (QED) is 0.555. The zero-order valence-electron chi connectivity index (χ0n) is 10.4. The summed E-state index contributed by atoms with van der Waals surface area (Å²) in [4.78, 5) is 0. The highest BCUT2D eigenvalue weighted by Gasteiger charge is 2.51. The molecule has 0 heteroatoms. The normalized spacial score (nSPS) is 51.5. The lowest BCUT2D eigenvalue weighted by Crippen LogP contribution is -2.28. The molecule has 84 valence electrons. The van der Waals surface area contributed by atoms with Gasteiger partial charge in [-0.3, -0.25) is 0 Å². The molecular weight excluding hydrogens is 180 g/mol. The topological polar surface area (TPSA) is 0 Å². The molecule has 0 N–H and O–H groups in total. The molecule has 2 saturated carbocycles. The van der Waals surface area contributed by atoms with E-state index in [1.165, 1.54) is 32.1 Å². The zero-order valence-corrected chi connectivity index (χ0v) is 10.4. The molecule has 3 rings (SSSR count). The Labute approximate surface area is 94.1 Å². The van der Waals surface area contributed by atoms with Gasteiger partial charge in [-0.05, 0) is 60.7 Å². The predicted molar refractivity (Wildman–Crippen MR) is 64.6 cm³/mol. The standard InChI is InChI=1S/C15H24/c1-14(2)6-5-12(10-14)13-8-11-4-7-15(13,3)9-11/h5-6,11-13H,4,7-10H2,1-3H3. The van der Waals surface area contributed by atoms with Crippen molar-refractivity contribution >= 4 is 0 Å². The first kappa shape index (κ1) is 9.93. The van der Waals surface area contributed by atoms with Crippen LogP contribution in [0.2, 0.25) is 0 Å². The highest BCUT2D eigenvalue weighted by molar-refractivity contribution is 5.13. The number of allylic oxidation sites excluding steroid dienone is 2. The van der Waals surface area contributed by atoms with Crippen molar-refractivity contribution in [2.24, 2.45) is 28.6 Å². The highest BCUT2D eigenvalue weighted by atomic mass is 14.6. The van der Waals surface area contributed by atoms with E-state index in [2.05, 4.69) is 32.9 Å². The maximum Gasteiger partial charge on any atom is -0.0169 e. The van der Waals surface area contributed by atoms with Crippen LogP contribution >= 0.6 is 0 Å². The third-order valence-corrected chi connectivity index (χ3v) is 5.43. The van der Waals surface area contributed by atoms with Gasteiger partial charge in [0.25, 0.3) is 0 Å². The largest absolute Gasteiger partial charge is 0.0846 e. The van der Waals surface area contributed by atoms with Gasteiger partial charge in [0.2, 0.25) is 0 Å². The molecule has 4 unspecified atom stereocenters. The smallest absolute Gasteiger partial charge is 0.0169 e. The Morgan fingerprint density at radius 3 is 2.40 bits per heavy atom. The van der Waals surface area contributed by atoms with Crippen molar-refractivity contribution in [3.63, 3.8) is 0 Å². The molecule has 0 radical (unpaired) electrons. The van der Waals surface area contributed by atoms with Gasteiger partial charge >= 0.3 is 0 Å². The van der Waals surface area contributed by atoms with Gasteiger partial charge in [-0.25, -0.2) is 0 Å². The van der Waals surface area contributed by atoms with E-state index in [1.807, 2.05) is 0 Å². The number of hydrogen-bond acceptors (Lipinski definition) is 0. The SMILES string of the molecule is CC1(C)C=CC(C2CC3CCC2(C)C3)C1. The van der Waals surface area contributed by atoms with E-state index in [9.17, 15) is 0 Å². The van der Waals surface area contributed by atoms with Gasteiger partial charge in [0, 0.05) is 0 Å². The van der Waals surface area contributed by atoms with Crippen LogP contribution in [0.15, 0.2) is 12.2 Å². The predicted octanol–water partition coefficient (Wildman–Crippen LogP) is 4.42. The summed E-state index contributed by atoms with van der Waals surface area (Å²) in [5.41, 5.74) is 1.18. The van der Waals surface area contributed by atoms with Gasteiger partial charge < -0.3 is 0 Å². The van der Waals surface area contributed by atoms with E-state index in [0.29, 0.717) is 10.8 Å². The second kappa shape index (κ2) is 2.90. The Kier molecular flexibility index (Phi) is 1.92. The fraction of sp³-hybridized carbons (Fsp3) is 0.867. The van der Waals surface area contributed by atoms with Crippen molar-refractivity contribution in [2.75, 3.05) is 0 Å². The van der Waals surface area contributed by atoms with Crippen LogP contribution in [0, 0.1) is 28.6 Å². The van der Waals surface area contributed by atoms with Crippen LogP contribution in [0.4, 0.5) is 0 Å². The Bertz CT molecular complexity index is 299. The molecule has 0 amide bonds. The fourth-order valence-corrected chi connectivity index (χ4v) is 4.67.